The maximum absolute atomic E-state index is 12.2. The van der Waals surface area contributed by atoms with E-state index in [2.05, 4.69) is 9.71 Å². The summed E-state index contributed by atoms with van der Waals surface area (Å²) < 4.78 is 28.3. The first-order valence-corrected chi connectivity index (χ1v) is 7.29. The van der Waals surface area contributed by atoms with Crippen molar-refractivity contribution in [1.29, 1.82) is 0 Å². The smallest absolute Gasteiger partial charge is 0.264 e. The molecule has 2 aromatic heterocycles. The first kappa shape index (κ1) is 13.9. The number of aryl methyl sites for hydroxylation is 1. The number of nitrogens with zero attached hydrogens (tertiary/aromatic N) is 2. The summed E-state index contributed by atoms with van der Waals surface area (Å²) >= 11 is 5.87. The molecule has 8 heteroatoms. The molecule has 2 heterocycles. The van der Waals surface area contributed by atoms with Crippen LogP contribution in [0.4, 0.5) is 5.82 Å². The minimum Gasteiger partial charge on any atom is -0.352 e. The van der Waals surface area contributed by atoms with E-state index in [0.717, 1.165) is 0 Å². The Balaban J connectivity index is 2.35. The van der Waals surface area contributed by atoms with Gasteiger partial charge in [-0.25, -0.2) is 13.4 Å². The molecule has 0 spiro atoms. The third-order valence-corrected chi connectivity index (χ3v) is 4.20. The van der Waals surface area contributed by atoms with Gasteiger partial charge in [0.15, 0.2) is 5.82 Å². The van der Waals surface area contributed by atoms with Crippen molar-refractivity contribution in [3.05, 3.63) is 41.3 Å². The van der Waals surface area contributed by atoms with Crippen LogP contribution in [0.3, 0.4) is 0 Å². The largest absolute Gasteiger partial charge is 0.352 e. The van der Waals surface area contributed by atoms with Crippen molar-refractivity contribution < 1.29 is 8.42 Å². The Kier molecular flexibility index (Phi) is 3.79. The molecular weight excluding hydrogens is 288 g/mol. The fourth-order valence-corrected chi connectivity index (χ4v) is 2.92. The monoisotopic (exact) mass is 300 g/mol. The molecule has 0 radical (unpaired) electrons. The molecule has 2 rings (SSSR count). The van der Waals surface area contributed by atoms with Gasteiger partial charge in [0, 0.05) is 31.7 Å². The lowest BCUT2D eigenvalue weighted by Gasteiger charge is -2.06. The van der Waals surface area contributed by atoms with Crippen molar-refractivity contribution >= 4 is 27.4 Å². The number of rotatable bonds is 4. The van der Waals surface area contributed by atoms with E-state index in [0.29, 0.717) is 5.69 Å². The molecular formula is C11H13ClN4O2S. The summed E-state index contributed by atoms with van der Waals surface area (Å²) in [6, 6.07) is 4.69. The highest BCUT2D eigenvalue weighted by Crippen LogP contribution is 2.22. The summed E-state index contributed by atoms with van der Waals surface area (Å²) in [6.07, 6.45) is 2.95. The van der Waals surface area contributed by atoms with Gasteiger partial charge in [-0.15, -0.1) is 0 Å². The third-order valence-electron chi connectivity index (χ3n) is 2.59. The van der Waals surface area contributed by atoms with Crippen LogP contribution in [-0.2, 0) is 23.6 Å². The van der Waals surface area contributed by atoms with Crippen LogP contribution in [0.15, 0.2) is 35.5 Å². The average Bonchev–Trinajstić information content (AvgIpc) is 2.74. The molecule has 0 aliphatic carbocycles. The summed E-state index contributed by atoms with van der Waals surface area (Å²) in [7, 11) is -1.99. The van der Waals surface area contributed by atoms with E-state index < -0.39 is 10.0 Å². The molecule has 0 atom stereocenters. The minimum atomic E-state index is -3.72. The Bertz CT molecular complexity index is 696. The molecule has 102 valence electrons. The second-order valence-corrected chi connectivity index (χ2v) is 6.01. The van der Waals surface area contributed by atoms with Crippen molar-refractivity contribution in [2.75, 3.05) is 4.72 Å². The second-order valence-electron chi connectivity index (χ2n) is 3.92. The number of sulfonamides is 1. The molecule has 0 aromatic carbocycles. The highest BCUT2D eigenvalue weighted by molar-refractivity contribution is 7.92. The highest BCUT2D eigenvalue weighted by Gasteiger charge is 2.19. The Labute approximate surface area is 116 Å². The van der Waals surface area contributed by atoms with Crippen molar-refractivity contribution in [1.82, 2.24) is 9.55 Å². The molecule has 0 fully saturated rings. The van der Waals surface area contributed by atoms with Crippen LogP contribution < -0.4 is 10.5 Å². The molecule has 3 N–H and O–H groups in total. The summed E-state index contributed by atoms with van der Waals surface area (Å²) in [4.78, 5) is 4.01. The topological polar surface area (TPSA) is 90.0 Å². The van der Waals surface area contributed by atoms with E-state index in [9.17, 15) is 8.42 Å². The molecule has 0 aliphatic heterocycles. The minimum absolute atomic E-state index is 0.0994. The molecule has 0 bridgehead atoms. The zero-order chi connectivity index (χ0) is 14.0. The van der Waals surface area contributed by atoms with E-state index >= 15 is 0 Å². The van der Waals surface area contributed by atoms with Crippen molar-refractivity contribution in [3.8, 4) is 0 Å². The van der Waals surface area contributed by atoms with Gasteiger partial charge in [0.25, 0.3) is 10.0 Å². The van der Waals surface area contributed by atoms with Crippen molar-refractivity contribution in [2.24, 2.45) is 12.8 Å². The predicted molar refractivity (Wildman–Crippen MR) is 73.4 cm³/mol. The number of anilines is 1. The molecule has 0 amide bonds. The number of nitrogens with one attached hydrogen (secondary N) is 1. The first-order chi connectivity index (χ1) is 8.94. The lowest BCUT2D eigenvalue weighted by Crippen LogP contribution is -2.13. The Morgan fingerprint density at radius 1 is 1.53 bits per heavy atom. The summed E-state index contributed by atoms with van der Waals surface area (Å²) in [5.74, 6) is 0.0994. The lowest BCUT2D eigenvalue weighted by atomic mass is 10.4. The molecule has 0 unspecified atom stereocenters. The average molecular weight is 301 g/mol. The predicted octanol–water partition coefficient (Wildman–Crippen LogP) is 1.33. The number of halogens is 1. The Morgan fingerprint density at radius 3 is 2.84 bits per heavy atom. The van der Waals surface area contributed by atoms with Crippen LogP contribution in [0.25, 0.3) is 0 Å². The fraction of sp³-hybridized carbons (Fsp3) is 0.182. The van der Waals surface area contributed by atoms with Crippen LogP contribution in [0.5, 0.6) is 0 Å². The lowest BCUT2D eigenvalue weighted by molar-refractivity contribution is 0.601. The number of hydrogen-bond donors (Lipinski definition) is 2. The van der Waals surface area contributed by atoms with Crippen LogP contribution in [0, 0.1) is 0 Å². The third kappa shape index (κ3) is 2.89. The maximum Gasteiger partial charge on any atom is 0.264 e. The van der Waals surface area contributed by atoms with Crippen molar-refractivity contribution in [2.45, 2.75) is 11.4 Å². The number of nitrogens with two attached hydrogens (primary N) is 1. The van der Waals surface area contributed by atoms with Gasteiger partial charge >= 0.3 is 0 Å². The van der Waals surface area contributed by atoms with E-state index in [1.54, 1.807) is 23.7 Å². The second kappa shape index (κ2) is 5.20. The van der Waals surface area contributed by atoms with Gasteiger partial charge in [0.2, 0.25) is 0 Å². The highest BCUT2D eigenvalue weighted by atomic mass is 35.5. The SMILES string of the molecule is Cn1cc(S(=O)(=O)Nc2ncccc2Cl)cc1CN. The molecule has 0 saturated carbocycles. The van der Waals surface area contributed by atoms with Gasteiger partial charge in [0.1, 0.15) is 4.90 Å². The van der Waals surface area contributed by atoms with Crippen LogP contribution >= 0.6 is 11.6 Å². The Hall–Kier alpha value is -1.57. The summed E-state index contributed by atoms with van der Waals surface area (Å²) in [6.45, 7) is 0.260. The van der Waals surface area contributed by atoms with E-state index in [-0.39, 0.29) is 22.3 Å². The van der Waals surface area contributed by atoms with Crippen LogP contribution in [-0.4, -0.2) is 18.0 Å². The van der Waals surface area contributed by atoms with Crippen LogP contribution in [0.2, 0.25) is 5.02 Å². The number of hydrogen-bond acceptors (Lipinski definition) is 4. The Morgan fingerprint density at radius 2 is 2.26 bits per heavy atom. The fourth-order valence-electron chi connectivity index (χ4n) is 1.57. The quantitative estimate of drug-likeness (QED) is 0.891. The van der Waals surface area contributed by atoms with Crippen molar-refractivity contribution in [3.63, 3.8) is 0 Å². The summed E-state index contributed by atoms with van der Waals surface area (Å²) in [5, 5.41) is 0.237. The van der Waals surface area contributed by atoms with Crippen LogP contribution in [0.1, 0.15) is 5.69 Å². The molecule has 6 nitrogen and oxygen atoms in total. The summed E-state index contributed by atoms with van der Waals surface area (Å²) in [5.41, 5.74) is 6.23. The van der Waals surface area contributed by atoms with Gasteiger partial charge in [-0.05, 0) is 18.2 Å². The van der Waals surface area contributed by atoms with Gasteiger partial charge in [0.05, 0.1) is 5.02 Å². The molecule has 19 heavy (non-hydrogen) atoms. The van der Waals surface area contributed by atoms with E-state index in [1.165, 1.54) is 18.5 Å². The molecule has 0 aliphatic rings. The molecule has 2 aromatic rings. The van der Waals surface area contributed by atoms with Gasteiger partial charge in [-0.3, -0.25) is 4.72 Å². The van der Waals surface area contributed by atoms with Gasteiger partial charge < -0.3 is 10.3 Å². The van der Waals surface area contributed by atoms with E-state index in [1.807, 2.05) is 0 Å². The standard InChI is InChI=1S/C11H13ClN4O2S/c1-16-7-9(5-8(16)6-13)19(17,18)15-11-10(12)3-2-4-14-11/h2-5,7H,6,13H2,1H3,(H,14,15). The normalized spacial score (nSPS) is 11.5. The van der Waals surface area contributed by atoms with E-state index in [4.69, 9.17) is 17.3 Å². The number of aromatic nitrogens is 2. The first-order valence-electron chi connectivity index (χ1n) is 5.42. The number of pyridine rings is 1. The maximum atomic E-state index is 12.2. The van der Waals surface area contributed by atoms with Gasteiger partial charge in [-0.1, -0.05) is 11.6 Å². The zero-order valence-electron chi connectivity index (χ0n) is 10.2. The molecule has 0 saturated heterocycles. The zero-order valence-corrected chi connectivity index (χ0v) is 11.7. The van der Waals surface area contributed by atoms with Gasteiger partial charge in [-0.2, -0.15) is 0 Å².